The molecule has 0 saturated carbocycles. The third kappa shape index (κ3) is 1.52. The summed E-state index contributed by atoms with van der Waals surface area (Å²) in [5.41, 5.74) is 5.63. The van der Waals surface area contributed by atoms with Gasteiger partial charge in [-0.2, -0.15) is 0 Å². The van der Waals surface area contributed by atoms with Crippen LogP contribution in [0.15, 0.2) is 12.1 Å². The Balaban J connectivity index is 3.28. The molecule has 1 aromatic rings. The SMILES string of the molecule is COc1c(Cl)ccc(F)c1CN. The van der Waals surface area contributed by atoms with Crippen LogP contribution in [0.2, 0.25) is 5.02 Å². The highest BCUT2D eigenvalue weighted by molar-refractivity contribution is 6.32. The van der Waals surface area contributed by atoms with Crippen LogP contribution >= 0.6 is 11.6 Å². The van der Waals surface area contributed by atoms with Gasteiger partial charge in [0.1, 0.15) is 11.6 Å². The second kappa shape index (κ2) is 3.74. The summed E-state index contributed by atoms with van der Waals surface area (Å²) < 4.78 is 17.9. The van der Waals surface area contributed by atoms with Gasteiger partial charge >= 0.3 is 0 Å². The lowest BCUT2D eigenvalue weighted by Gasteiger charge is -2.08. The van der Waals surface area contributed by atoms with Gasteiger partial charge in [0.25, 0.3) is 0 Å². The van der Waals surface area contributed by atoms with E-state index in [1.165, 1.54) is 19.2 Å². The lowest BCUT2D eigenvalue weighted by molar-refractivity contribution is 0.405. The molecule has 4 heteroatoms. The van der Waals surface area contributed by atoms with Crippen LogP contribution in [-0.2, 0) is 6.54 Å². The van der Waals surface area contributed by atoms with E-state index in [1.54, 1.807) is 0 Å². The first-order valence-corrected chi connectivity index (χ1v) is 3.79. The maximum atomic E-state index is 13.0. The van der Waals surface area contributed by atoms with Crippen molar-refractivity contribution in [3.05, 3.63) is 28.5 Å². The summed E-state index contributed by atoms with van der Waals surface area (Å²) in [5.74, 6) is -0.0714. The minimum Gasteiger partial charge on any atom is -0.495 e. The van der Waals surface area contributed by atoms with E-state index >= 15 is 0 Å². The van der Waals surface area contributed by atoms with E-state index in [1.807, 2.05) is 0 Å². The molecule has 0 fully saturated rings. The summed E-state index contributed by atoms with van der Waals surface area (Å²) in [4.78, 5) is 0. The number of ether oxygens (including phenoxy) is 1. The van der Waals surface area contributed by atoms with Crippen molar-refractivity contribution in [2.75, 3.05) is 7.11 Å². The highest BCUT2D eigenvalue weighted by Gasteiger charge is 2.10. The van der Waals surface area contributed by atoms with Crippen LogP contribution in [-0.4, -0.2) is 7.11 Å². The number of benzene rings is 1. The van der Waals surface area contributed by atoms with Crippen molar-refractivity contribution in [1.82, 2.24) is 0 Å². The Morgan fingerprint density at radius 3 is 2.67 bits per heavy atom. The van der Waals surface area contributed by atoms with Crippen LogP contribution < -0.4 is 10.5 Å². The number of nitrogens with two attached hydrogens (primary N) is 1. The zero-order valence-electron chi connectivity index (χ0n) is 6.60. The van der Waals surface area contributed by atoms with Crippen LogP contribution in [0.5, 0.6) is 5.75 Å². The van der Waals surface area contributed by atoms with Gasteiger partial charge in [-0.05, 0) is 12.1 Å². The van der Waals surface area contributed by atoms with Crippen molar-refractivity contribution in [2.45, 2.75) is 6.54 Å². The van der Waals surface area contributed by atoms with E-state index in [4.69, 9.17) is 22.1 Å². The molecule has 2 N–H and O–H groups in total. The summed E-state index contributed by atoms with van der Waals surface area (Å²) in [5, 5.41) is 0.374. The molecular formula is C8H9ClFNO. The third-order valence-electron chi connectivity index (χ3n) is 1.56. The first-order valence-electron chi connectivity index (χ1n) is 3.41. The molecule has 0 amide bonds. The van der Waals surface area contributed by atoms with Crippen molar-refractivity contribution in [3.8, 4) is 5.75 Å². The minimum atomic E-state index is -0.390. The molecule has 0 aromatic heterocycles. The molecule has 1 rings (SSSR count). The predicted octanol–water partition coefficient (Wildman–Crippen LogP) is 1.95. The molecule has 0 radical (unpaired) electrons. The van der Waals surface area contributed by atoms with Crippen LogP contribution in [0.25, 0.3) is 0 Å². The predicted molar refractivity (Wildman–Crippen MR) is 45.9 cm³/mol. The average Bonchev–Trinajstić information content (AvgIpc) is 2.08. The fraction of sp³-hybridized carbons (Fsp3) is 0.250. The zero-order chi connectivity index (χ0) is 9.14. The van der Waals surface area contributed by atoms with E-state index in [-0.39, 0.29) is 6.54 Å². The van der Waals surface area contributed by atoms with Gasteiger partial charge in [0.15, 0.2) is 0 Å². The molecule has 0 atom stereocenters. The second-order valence-electron chi connectivity index (χ2n) is 2.25. The second-order valence-corrected chi connectivity index (χ2v) is 2.65. The highest BCUT2D eigenvalue weighted by Crippen LogP contribution is 2.29. The molecule has 12 heavy (non-hydrogen) atoms. The van der Waals surface area contributed by atoms with Crippen LogP contribution in [0, 0.1) is 5.82 Å². The summed E-state index contributed by atoms with van der Waals surface area (Å²) in [7, 11) is 1.43. The van der Waals surface area contributed by atoms with Crippen LogP contribution in [0.4, 0.5) is 4.39 Å². The fourth-order valence-electron chi connectivity index (χ4n) is 0.986. The highest BCUT2D eigenvalue weighted by atomic mass is 35.5. The Bertz CT molecular complexity index is 262. The quantitative estimate of drug-likeness (QED) is 0.772. The Labute approximate surface area is 75.1 Å². The molecular weight excluding hydrogens is 181 g/mol. The number of rotatable bonds is 2. The van der Waals surface area contributed by atoms with Gasteiger partial charge in [-0.25, -0.2) is 4.39 Å². The maximum Gasteiger partial charge on any atom is 0.144 e. The smallest absolute Gasteiger partial charge is 0.144 e. The fourth-order valence-corrected chi connectivity index (χ4v) is 1.24. The Morgan fingerprint density at radius 2 is 2.25 bits per heavy atom. The van der Waals surface area contributed by atoms with Gasteiger partial charge in [-0.15, -0.1) is 0 Å². The molecule has 0 bridgehead atoms. The molecule has 0 saturated heterocycles. The third-order valence-corrected chi connectivity index (χ3v) is 1.86. The standard InChI is InChI=1S/C8H9ClFNO/c1-12-8-5(4-11)7(10)3-2-6(8)9/h2-3H,4,11H2,1H3. The summed E-state index contributed by atoms with van der Waals surface area (Å²) >= 11 is 5.73. The lowest BCUT2D eigenvalue weighted by atomic mass is 10.2. The lowest BCUT2D eigenvalue weighted by Crippen LogP contribution is -2.03. The van der Waals surface area contributed by atoms with Gasteiger partial charge in [0.05, 0.1) is 12.1 Å². The first-order chi connectivity index (χ1) is 5.70. The molecule has 2 nitrogen and oxygen atoms in total. The average molecular weight is 190 g/mol. The summed E-state index contributed by atoms with van der Waals surface area (Å²) in [6.45, 7) is 0.0789. The summed E-state index contributed by atoms with van der Waals surface area (Å²) in [6, 6.07) is 2.71. The molecule has 0 aliphatic heterocycles. The van der Waals surface area contributed by atoms with Gasteiger partial charge < -0.3 is 10.5 Å². The number of hydrogen-bond donors (Lipinski definition) is 1. The van der Waals surface area contributed by atoms with Gasteiger partial charge in [0.2, 0.25) is 0 Å². The van der Waals surface area contributed by atoms with Crippen molar-refractivity contribution in [1.29, 1.82) is 0 Å². The van der Waals surface area contributed by atoms with Crippen molar-refractivity contribution < 1.29 is 9.13 Å². The van der Waals surface area contributed by atoms with Crippen LogP contribution in [0.3, 0.4) is 0 Å². The van der Waals surface area contributed by atoms with Crippen LogP contribution in [0.1, 0.15) is 5.56 Å². The molecule has 66 valence electrons. The van der Waals surface area contributed by atoms with Gasteiger partial charge in [0, 0.05) is 12.1 Å². The first kappa shape index (κ1) is 9.29. The van der Waals surface area contributed by atoms with Crippen molar-refractivity contribution >= 4 is 11.6 Å². The van der Waals surface area contributed by atoms with E-state index in [0.29, 0.717) is 16.3 Å². The maximum absolute atomic E-state index is 13.0. The molecule has 0 aliphatic carbocycles. The Morgan fingerprint density at radius 1 is 1.58 bits per heavy atom. The Kier molecular flexibility index (Phi) is 2.89. The Hall–Kier alpha value is -0.800. The number of hydrogen-bond acceptors (Lipinski definition) is 2. The normalized spacial score (nSPS) is 10.0. The topological polar surface area (TPSA) is 35.2 Å². The van der Waals surface area contributed by atoms with E-state index < -0.39 is 5.82 Å². The van der Waals surface area contributed by atoms with Gasteiger partial charge in [-0.3, -0.25) is 0 Å². The minimum absolute atomic E-state index is 0.0789. The molecule has 0 aliphatic rings. The molecule has 0 spiro atoms. The zero-order valence-corrected chi connectivity index (χ0v) is 7.36. The molecule has 1 aromatic carbocycles. The van der Waals surface area contributed by atoms with Crippen molar-refractivity contribution in [3.63, 3.8) is 0 Å². The largest absolute Gasteiger partial charge is 0.495 e. The molecule has 0 unspecified atom stereocenters. The number of halogens is 2. The van der Waals surface area contributed by atoms with Crippen molar-refractivity contribution in [2.24, 2.45) is 5.73 Å². The number of methoxy groups -OCH3 is 1. The van der Waals surface area contributed by atoms with Gasteiger partial charge in [-0.1, -0.05) is 11.6 Å². The monoisotopic (exact) mass is 189 g/mol. The molecule has 0 heterocycles. The summed E-state index contributed by atoms with van der Waals surface area (Å²) in [6.07, 6.45) is 0. The van der Waals surface area contributed by atoms with E-state index in [9.17, 15) is 4.39 Å². The van der Waals surface area contributed by atoms with E-state index in [0.717, 1.165) is 0 Å². The van der Waals surface area contributed by atoms with E-state index in [2.05, 4.69) is 0 Å².